The number of aryl methyl sites for hydroxylation is 3. The normalized spacial score (nSPS) is 12.0. The molecule has 0 radical (unpaired) electrons. The van der Waals surface area contributed by atoms with Crippen molar-refractivity contribution in [3.63, 3.8) is 0 Å². The molecule has 0 aliphatic carbocycles. The molecule has 31 heavy (non-hydrogen) atoms. The van der Waals surface area contributed by atoms with Gasteiger partial charge in [0.2, 0.25) is 5.88 Å². The summed E-state index contributed by atoms with van der Waals surface area (Å²) in [5.41, 5.74) is 5.50. The quantitative estimate of drug-likeness (QED) is 0.482. The monoisotopic (exact) mass is 414 g/mol. The first kappa shape index (κ1) is 20.6. The lowest BCUT2D eigenvalue weighted by Crippen LogP contribution is -2.30. The second kappa shape index (κ2) is 8.60. The van der Waals surface area contributed by atoms with Crippen molar-refractivity contribution in [1.29, 1.82) is 0 Å². The Morgan fingerprint density at radius 3 is 2.48 bits per heavy atom. The van der Waals surface area contributed by atoms with Gasteiger partial charge in [0.15, 0.2) is 11.8 Å². The second-order valence-electron chi connectivity index (χ2n) is 7.61. The molecule has 4 rings (SSSR count). The van der Waals surface area contributed by atoms with Crippen LogP contribution in [0.3, 0.4) is 0 Å². The number of ether oxygens (including phenoxy) is 1. The van der Waals surface area contributed by atoms with E-state index in [4.69, 9.17) is 4.74 Å². The second-order valence-corrected chi connectivity index (χ2v) is 7.61. The summed E-state index contributed by atoms with van der Waals surface area (Å²) in [6.07, 6.45) is 0.254. The Bertz CT molecular complexity index is 1210. The molecule has 2 aromatic heterocycles. The van der Waals surface area contributed by atoms with Crippen molar-refractivity contribution >= 4 is 22.6 Å². The summed E-state index contributed by atoms with van der Waals surface area (Å²) in [6, 6.07) is 19.5. The topological polar surface area (TPSA) is 69.0 Å². The van der Waals surface area contributed by atoms with Gasteiger partial charge in [0, 0.05) is 17.1 Å². The third-order valence-electron chi connectivity index (χ3n) is 5.28. The Kier molecular flexibility index (Phi) is 5.71. The summed E-state index contributed by atoms with van der Waals surface area (Å²) in [6.45, 7) is 7.79. The number of pyridine rings is 1. The Hall–Kier alpha value is -3.67. The van der Waals surface area contributed by atoms with Crippen LogP contribution in [0.1, 0.15) is 30.7 Å². The van der Waals surface area contributed by atoms with E-state index in [-0.39, 0.29) is 5.91 Å². The molecule has 6 nitrogen and oxygen atoms in total. The highest BCUT2D eigenvalue weighted by atomic mass is 16.5. The van der Waals surface area contributed by atoms with E-state index in [1.54, 1.807) is 6.92 Å². The molecule has 1 unspecified atom stereocenters. The molecule has 0 spiro atoms. The third kappa shape index (κ3) is 4.28. The van der Waals surface area contributed by atoms with Gasteiger partial charge in [-0.2, -0.15) is 10.1 Å². The molecule has 0 saturated heterocycles. The van der Waals surface area contributed by atoms with E-state index in [0.717, 1.165) is 34.4 Å². The number of hydrogen-bond acceptors (Lipinski definition) is 4. The molecule has 2 aromatic carbocycles. The van der Waals surface area contributed by atoms with Gasteiger partial charge in [-0.3, -0.25) is 4.79 Å². The number of carbonyl (C=O) groups excluding carboxylic acids is 1. The maximum atomic E-state index is 12.6. The highest BCUT2D eigenvalue weighted by molar-refractivity contribution is 5.94. The molecule has 0 saturated carbocycles. The Balaban J connectivity index is 1.58. The van der Waals surface area contributed by atoms with Crippen LogP contribution in [0.4, 0.5) is 5.69 Å². The van der Waals surface area contributed by atoms with Crippen LogP contribution in [0, 0.1) is 13.8 Å². The zero-order valence-corrected chi connectivity index (χ0v) is 18.2. The summed E-state index contributed by atoms with van der Waals surface area (Å²) in [5.74, 6) is 0.169. The number of rotatable bonds is 6. The minimum atomic E-state index is -0.704. The van der Waals surface area contributed by atoms with Crippen LogP contribution in [-0.4, -0.2) is 26.8 Å². The molecule has 1 amide bonds. The van der Waals surface area contributed by atoms with E-state index >= 15 is 0 Å². The van der Waals surface area contributed by atoms with E-state index in [2.05, 4.69) is 22.3 Å². The molecular formula is C25H26N4O2. The highest BCUT2D eigenvalue weighted by Crippen LogP contribution is 2.27. The van der Waals surface area contributed by atoms with Crippen LogP contribution < -0.4 is 10.1 Å². The van der Waals surface area contributed by atoms with Gasteiger partial charge in [-0.25, -0.2) is 4.68 Å². The summed E-state index contributed by atoms with van der Waals surface area (Å²) in [4.78, 5) is 17.3. The summed E-state index contributed by atoms with van der Waals surface area (Å²) < 4.78 is 7.73. The average molecular weight is 415 g/mol. The van der Waals surface area contributed by atoms with Gasteiger partial charge in [-0.1, -0.05) is 37.3 Å². The van der Waals surface area contributed by atoms with E-state index < -0.39 is 6.10 Å². The van der Waals surface area contributed by atoms with Gasteiger partial charge in [-0.05, 0) is 62.6 Å². The number of fused-ring (bicyclic) bond motifs is 1. The van der Waals surface area contributed by atoms with Gasteiger partial charge >= 0.3 is 0 Å². The lowest BCUT2D eigenvalue weighted by Gasteiger charge is -2.15. The minimum absolute atomic E-state index is 0.225. The summed E-state index contributed by atoms with van der Waals surface area (Å²) >= 11 is 0. The maximum absolute atomic E-state index is 12.6. The molecular weight excluding hydrogens is 388 g/mol. The number of aromatic nitrogens is 3. The number of amides is 1. The number of benzene rings is 2. The number of hydrogen-bond donors (Lipinski definition) is 1. The van der Waals surface area contributed by atoms with Crippen LogP contribution in [0.2, 0.25) is 0 Å². The molecule has 1 N–H and O–H groups in total. The molecule has 6 heteroatoms. The van der Waals surface area contributed by atoms with Crippen molar-refractivity contribution in [2.24, 2.45) is 0 Å². The number of anilines is 1. The summed E-state index contributed by atoms with van der Waals surface area (Å²) in [7, 11) is 0. The standard InChI is InChI=1S/C25H26N4O2/c1-5-19-11-13-20(14-12-19)26-25(30)18(4)31-22-15-16(2)23-17(3)28-29(24(23)27-22)21-9-7-6-8-10-21/h6-15,18H,5H2,1-4H3,(H,26,30). The first-order valence-corrected chi connectivity index (χ1v) is 10.4. The Morgan fingerprint density at radius 1 is 1.10 bits per heavy atom. The fourth-order valence-electron chi connectivity index (χ4n) is 3.59. The molecule has 4 aromatic rings. The fraction of sp³-hybridized carbons (Fsp3) is 0.240. The highest BCUT2D eigenvalue weighted by Gasteiger charge is 2.19. The number of nitrogens with one attached hydrogen (secondary N) is 1. The van der Waals surface area contributed by atoms with Gasteiger partial charge in [0.25, 0.3) is 5.91 Å². The van der Waals surface area contributed by atoms with Gasteiger partial charge < -0.3 is 10.1 Å². The van der Waals surface area contributed by atoms with Crippen LogP contribution in [0.25, 0.3) is 16.7 Å². The molecule has 0 aliphatic heterocycles. The smallest absolute Gasteiger partial charge is 0.265 e. The predicted octanol–water partition coefficient (Wildman–Crippen LogP) is 5.01. The lowest BCUT2D eigenvalue weighted by molar-refractivity contribution is -0.122. The summed E-state index contributed by atoms with van der Waals surface area (Å²) in [5, 5.41) is 8.55. The first-order chi connectivity index (χ1) is 15.0. The Labute approximate surface area is 181 Å². The van der Waals surface area contributed by atoms with Crippen LogP contribution in [-0.2, 0) is 11.2 Å². The van der Waals surface area contributed by atoms with E-state index in [1.165, 1.54) is 5.56 Å². The van der Waals surface area contributed by atoms with Crippen molar-refractivity contribution in [2.45, 2.75) is 40.2 Å². The zero-order chi connectivity index (χ0) is 22.0. The molecule has 1 atom stereocenters. The first-order valence-electron chi connectivity index (χ1n) is 10.4. The predicted molar refractivity (Wildman–Crippen MR) is 123 cm³/mol. The van der Waals surface area contributed by atoms with Gasteiger partial charge in [-0.15, -0.1) is 0 Å². The molecule has 0 bridgehead atoms. The Morgan fingerprint density at radius 2 is 1.81 bits per heavy atom. The van der Waals surface area contributed by atoms with Crippen molar-refractivity contribution in [1.82, 2.24) is 14.8 Å². The van der Waals surface area contributed by atoms with Crippen molar-refractivity contribution < 1.29 is 9.53 Å². The van der Waals surface area contributed by atoms with Gasteiger partial charge in [0.05, 0.1) is 11.4 Å². The van der Waals surface area contributed by atoms with Crippen molar-refractivity contribution in [3.05, 3.63) is 77.5 Å². The largest absolute Gasteiger partial charge is 0.464 e. The van der Waals surface area contributed by atoms with Crippen molar-refractivity contribution in [3.8, 4) is 11.6 Å². The van der Waals surface area contributed by atoms with Crippen LogP contribution in [0.15, 0.2) is 60.7 Å². The minimum Gasteiger partial charge on any atom is -0.464 e. The average Bonchev–Trinajstić information content (AvgIpc) is 3.11. The zero-order valence-electron chi connectivity index (χ0n) is 18.2. The number of nitrogens with zero attached hydrogens (tertiary/aromatic N) is 3. The van der Waals surface area contributed by atoms with Crippen molar-refractivity contribution in [2.75, 3.05) is 5.32 Å². The number of carbonyl (C=O) groups is 1. The SMILES string of the molecule is CCc1ccc(NC(=O)C(C)Oc2cc(C)c3c(C)nn(-c4ccccc4)c3n2)cc1. The van der Waals surface area contributed by atoms with E-state index in [0.29, 0.717) is 11.5 Å². The maximum Gasteiger partial charge on any atom is 0.265 e. The fourth-order valence-corrected chi connectivity index (χ4v) is 3.59. The molecule has 0 fully saturated rings. The van der Waals surface area contributed by atoms with Crippen LogP contribution >= 0.6 is 0 Å². The molecule has 0 aliphatic rings. The van der Waals surface area contributed by atoms with Gasteiger partial charge in [0.1, 0.15) is 0 Å². The molecule has 2 heterocycles. The van der Waals surface area contributed by atoms with E-state index in [9.17, 15) is 4.79 Å². The third-order valence-corrected chi connectivity index (χ3v) is 5.28. The van der Waals surface area contributed by atoms with E-state index in [1.807, 2.05) is 79.2 Å². The lowest BCUT2D eigenvalue weighted by atomic mass is 10.1. The number of para-hydroxylation sites is 1. The molecule has 158 valence electrons. The van der Waals surface area contributed by atoms with Crippen LogP contribution in [0.5, 0.6) is 5.88 Å².